The van der Waals surface area contributed by atoms with Gasteiger partial charge in [-0.15, -0.1) is 0 Å². The van der Waals surface area contributed by atoms with Gasteiger partial charge in [0.05, 0.1) is 12.8 Å². The molecule has 1 unspecified atom stereocenters. The molecule has 0 bridgehead atoms. The molecule has 0 spiro atoms. The molecule has 0 aliphatic heterocycles. The van der Waals surface area contributed by atoms with Crippen LogP contribution >= 0.6 is 0 Å². The van der Waals surface area contributed by atoms with Crippen LogP contribution in [0.1, 0.15) is 25.1 Å². The number of rotatable bonds is 4. The molecule has 98 valence electrons. The monoisotopic (exact) mass is 257 g/mol. The van der Waals surface area contributed by atoms with E-state index in [1.807, 2.05) is 25.1 Å². The first kappa shape index (κ1) is 13.1. The van der Waals surface area contributed by atoms with Gasteiger partial charge in [0.25, 0.3) is 0 Å². The smallest absolute Gasteiger partial charge is 0.316 e. The number of carbonyl (C=O) groups is 1. The van der Waals surface area contributed by atoms with Crippen molar-refractivity contribution in [2.75, 3.05) is 7.11 Å². The average Bonchev–Trinajstić information content (AvgIpc) is 2.49. The molecule has 0 saturated heterocycles. The normalized spacial score (nSPS) is 11.9. The first-order valence-corrected chi connectivity index (χ1v) is 6.07. The predicted octanol–water partition coefficient (Wildman–Crippen LogP) is 2.21. The molecule has 0 N–H and O–H groups in total. The van der Waals surface area contributed by atoms with E-state index >= 15 is 0 Å². The predicted molar refractivity (Wildman–Crippen MR) is 70.3 cm³/mol. The number of methoxy groups -OCH3 is 1. The quantitative estimate of drug-likeness (QED) is 0.786. The van der Waals surface area contributed by atoms with Crippen molar-refractivity contribution < 1.29 is 9.53 Å². The van der Waals surface area contributed by atoms with Crippen LogP contribution in [0.25, 0.3) is 11.3 Å². The van der Waals surface area contributed by atoms with Crippen molar-refractivity contribution in [3.05, 3.63) is 42.6 Å². The summed E-state index contributed by atoms with van der Waals surface area (Å²) in [5, 5.41) is 0. The first-order valence-electron chi connectivity index (χ1n) is 6.07. The lowest BCUT2D eigenvalue weighted by molar-refractivity contribution is -0.142. The highest BCUT2D eigenvalue weighted by Crippen LogP contribution is 2.21. The zero-order valence-corrected chi connectivity index (χ0v) is 10.9. The van der Waals surface area contributed by atoms with Crippen LogP contribution in [0.15, 0.2) is 36.8 Å². The maximum Gasteiger partial charge on any atom is 0.316 e. The van der Waals surface area contributed by atoms with E-state index in [9.17, 15) is 4.79 Å². The van der Waals surface area contributed by atoms with Crippen LogP contribution in [-0.4, -0.2) is 28.0 Å². The van der Waals surface area contributed by atoms with Gasteiger partial charge in [-0.3, -0.25) is 9.78 Å². The Hall–Kier alpha value is -2.30. The summed E-state index contributed by atoms with van der Waals surface area (Å²) in [5.41, 5.74) is 1.72. The van der Waals surface area contributed by atoms with Crippen LogP contribution in [0.2, 0.25) is 0 Å². The molecule has 2 heterocycles. The minimum atomic E-state index is -0.424. The highest BCUT2D eigenvalue weighted by molar-refractivity contribution is 5.77. The van der Waals surface area contributed by atoms with Gasteiger partial charge in [-0.2, -0.15) is 0 Å². The summed E-state index contributed by atoms with van der Waals surface area (Å²) in [4.78, 5) is 24.3. The Kier molecular flexibility index (Phi) is 4.18. The standard InChI is InChI=1S/C14H15N3O2/c1-3-11(14(18)19-2)13-16-9-6-12(17-13)10-4-7-15-8-5-10/h4-9,11H,3H2,1-2H3. The Morgan fingerprint density at radius 1 is 1.26 bits per heavy atom. The fraction of sp³-hybridized carbons (Fsp3) is 0.286. The molecule has 2 rings (SSSR count). The van der Waals surface area contributed by atoms with Crippen molar-refractivity contribution in [3.8, 4) is 11.3 Å². The van der Waals surface area contributed by atoms with Crippen molar-refractivity contribution in [1.82, 2.24) is 15.0 Å². The molecule has 0 aliphatic rings. The number of aromatic nitrogens is 3. The Morgan fingerprint density at radius 3 is 2.63 bits per heavy atom. The maximum atomic E-state index is 11.7. The minimum Gasteiger partial charge on any atom is -0.468 e. The minimum absolute atomic E-state index is 0.311. The number of pyridine rings is 1. The summed E-state index contributed by atoms with van der Waals surface area (Å²) in [6.45, 7) is 1.91. The second-order valence-corrected chi connectivity index (χ2v) is 4.02. The van der Waals surface area contributed by atoms with Gasteiger partial charge in [-0.05, 0) is 24.6 Å². The molecule has 2 aromatic rings. The average molecular weight is 257 g/mol. The van der Waals surface area contributed by atoms with E-state index in [1.54, 1.807) is 18.6 Å². The van der Waals surface area contributed by atoms with Crippen LogP contribution < -0.4 is 0 Å². The Bertz CT molecular complexity index is 558. The Labute approximate surface area is 111 Å². The molecule has 0 radical (unpaired) electrons. The van der Waals surface area contributed by atoms with Gasteiger partial charge in [-0.1, -0.05) is 6.92 Å². The number of hydrogen-bond acceptors (Lipinski definition) is 5. The summed E-state index contributed by atoms with van der Waals surface area (Å²) in [7, 11) is 1.37. The van der Waals surface area contributed by atoms with Gasteiger partial charge in [0.2, 0.25) is 0 Å². The Balaban J connectivity index is 2.36. The van der Waals surface area contributed by atoms with Crippen LogP contribution in [-0.2, 0) is 9.53 Å². The molecule has 19 heavy (non-hydrogen) atoms. The third-order valence-corrected chi connectivity index (χ3v) is 2.86. The molecule has 0 amide bonds. The van der Waals surface area contributed by atoms with E-state index in [0.717, 1.165) is 11.3 Å². The molecule has 0 aromatic carbocycles. The molecular weight excluding hydrogens is 242 g/mol. The van der Waals surface area contributed by atoms with Crippen molar-refractivity contribution in [1.29, 1.82) is 0 Å². The van der Waals surface area contributed by atoms with Gasteiger partial charge < -0.3 is 4.74 Å². The van der Waals surface area contributed by atoms with Gasteiger partial charge in [-0.25, -0.2) is 9.97 Å². The molecule has 1 atom stereocenters. The molecular formula is C14H15N3O2. The fourth-order valence-electron chi connectivity index (χ4n) is 1.82. The molecule has 0 aliphatic carbocycles. The van der Waals surface area contributed by atoms with E-state index in [4.69, 9.17) is 4.74 Å². The summed E-state index contributed by atoms with van der Waals surface area (Å²) in [6.07, 6.45) is 5.67. The van der Waals surface area contributed by atoms with E-state index in [1.165, 1.54) is 7.11 Å². The van der Waals surface area contributed by atoms with Crippen molar-refractivity contribution in [2.24, 2.45) is 0 Å². The second kappa shape index (κ2) is 6.04. The van der Waals surface area contributed by atoms with Crippen LogP contribution in [0.5, 0.6) is 0 Å². The summed E-state index contributed by atoms with van der Waals surface area (Å²) < 4.78 is 4.77. The van der Waals surface area contributed by atoms with Crippen molar-refractivity contribution >= 4 is 5.97 Å². The summed E-state index contributed by atoms with van der Waals surface area (Å²) >= 11 is 0. The zero-order valence-electron chi connectivity index (χ0n) is 10.9. The summed E-state index contributed by atoms with van der Waals surface area (Å²) in [5.74, 6) is -0.246. The molecule has 5 heteroatoms. The number of esters is 1. The Morgan fingerprint density at radius 2 is 2.00 bits per heavy atom. The van der Waals surface area contributed by atoms with Crippen molar-refractivity contribution in [3.63, 3.8) is 0 Å². The van der Waals surface area contributed by atoms with Gasteiger partial charge >= 0.3 is 5.97 Å². The van der Waals surface area contributed by atoms with E-state index in [-0.39, 0.29) is 5.97 Å². The molecule has 5 nitrogen and oxygen atoms in total. The maximum absolute atomic E-state index is 11.7. The zero-order chi connectivity index (χ0) is 13.7. The fourth-order valence-corrected chi connectivity index (χ4v) is 1.82. The number of hydrogen-bond donors (Lipinski definition) is 0. The number of carbonyl (C=O) groups excluding carboxylic acids is 1. The second-order valence-electron chi connectivity index (χ2n) is 4.02. The van der Waals surface area contributed by atoms with Gasteiger partial charge in [0, 0.05) is 24.2 Å². The highest BCUT2D eigenvalue weighted by Gasteiger charge is 2.22. The lowest BCUT2D eigenvalue weighted by atomic mass is 10.1. The third kappa shape index (κ3) is 2.93. The van der Waals surface area contributed by atoms with Gasteiger partial charge in [0.1, 0.15) is 11.7 Å². The largest absolute Gasteiger partial charge is 0.468 e. The van der Waals surface area contributed by atoms with Crippen molar-refractivity contribution in [2.45, 2.75) is 19.3 Å². The SMILES string of the molecule is CCC(C(=O)OC)c1nccc(-c2ccncc2)n1. The van der Waals surface area contributed by atoms with Gasteiger partial charge in [0.15, 0.2) is 0 Å². The topological polar surface area (TPSA) is 65.0 Å². The third-order valence-electron chi connectivity index (χ3n) is 2.86. The van der Waals surface area contributed by atoms with Crippen LogP contribution in [0.3, 0.4) is 0 Å². The van der Waals surface area contributed by atoms with E-state index in [0.29, 0.717) is 12.2 Å². The molecule has 0 saturated carbocycles. The lowest BCUT2D eigenvalue weighted by Gasteiger charge is -2.11. The first-order chi connectivity index (χ1) is 9.26. The number of ether oxygens (including phenoxy) is 1. The highest BCUT2D eigenvalue weighted by atomic mass is 16.5. The van der Waals surface area contributed by atoms with E-state index in [2.05, 4.69) is 15.0 Å². The van der Waals surface area contributed by atoms with Crippen LogP contribution in [0.4, 0.5) is 0 Å². The van der Waals surface area contributed by atoms with E-state index < -0.39 is 5.92 Å². The number of nitrogens with zero attached hydrogens (tertiary/aromatic N) is 3. The molecule has 0 fully saturated rings. The van der Waals surface area contributed by atoms with Crippen LogP contribution in [0, 0.1) is 0 Å². The lowest BCUT2D eigenvalue weighted by Crippen LogP contribution is -2.16. The summed E-state index contributed by atoms with van der Waals surface area (Å²) in [6, 6.07) is 5.54. The molecule has 2 aromatic heterocycles.